The highest BCUT2D eigenvalue weighted by Crippen LogP contribution is 2.27. The predicted molar refractivity (Wildman–Crippen MR) is 64.3 cm³/mol. The lowest BCUT2D eigenvalue weighted by Gasteiger charge is -2.20. The van der Waals surface area contributed by atoms with Crippen molar-refractivity contribution in [1.29, 1.82) is 0 Å². The topological polar surface area (TPSA) is 101 Å². The summed E-state index contributed by atoms with van der Waals surface area (Å²) in [6.45, 7) is -0.404. The minimum Gasteiger partial charge on any atom is -0.480 e. The number of nitrogens with zero attached hydrogens (tertiary/aromatic N) is 1. The lowest BCUT2D eigenvalue weighted by atomic mass is 10.0. The van der Waals surface area contributed by atoms with E-state index in [1.165, 1.54) is 12.1 Å². The average molecular weight is 288 g/mol. The van der Waals surface area contributed by atoms with Crippen molar-refractivity contribution in [1.82, 2.24) is 4.31 Å². The maximum atomic E-state index is 13.5. The molecule has 2 rings (SSSR count). The van der Waals surface area contributed by atoms with Crippen molar-refractivity contribution in [2.75, 3.05) is 13.1 Å². The Kier molecular flexibility index (Phi) is 3.33. The monoisotopic (exact) mass is 288 g/mol. The number of aliphatic carboxylic acids is 1. The van der Waals surface area contributed by atoms with Crippen molar-refractivity contribution in [2.45, 2.75) is 16.9 Å². The largest absolute Gasteiger partial charge is 0.480 e. The van der Waals surface area contributed by atoms with Gasteiger partial charge in [-0.1, -0.05) is 12.1 Å². The summed E-state index contributed by atoms with van der Waals surface area (Å²) in [4.78, 5) is 10.5. The normalized spacial score (nSPS) is 24.5. The number of carboxylic acid groups (broad SMARTS) is 1. The molecule has 1 aromatic carbocycles. The van der Waals surface area contributed by atoms with E-state index in [9.17, 15) is 17.6 Å². The molecule has 8 heteroatoms. The molecule has 0 amide bonds. The van der Waals surface area contributed by atoms with E-state index in [1.54, 1.807) is 0 Å². The molecule has 3 N–H and O–H groups in total. The van der Waals surface area contributed by atoms with Crippen LogP contribution >= 0.6 is 0 Å². The molecule has 1 aliphatic rings. The van der Waals surface area contributed by atoms with Crippen LogP contribution in [0.15, 0.2) is 29.2 Å². The van der Waals surface area contributed by atoms with E-state index in [4.69, 9.17) is 10.8 Å². The summed E-state index contributed by atoms with van der Waals surface area (Å²) >= 11 is 0. The van der Waals surface area contributed by atoms with Crippen LogP contribution in [0, 0.1) is 5.82 Å². The summed E-state index contributed by atoms with van der Waals surface area (Å²) in [5.41, 5.74) is 3.99. The van der Waals surface area contributed by atoms with Crippen LogP contribution < -0.4 is 5.73 Å². The minimum absolute atomic E-state index is 0.00395. The number of carboxylic acids is 1. The Labute approximate surface area is 109 Å². The fourth-order valence-electron chi connectivity index (χ4n) is 1.97. The fraction of sp³-hybridized carbons (Fsp3) is 0.364. The van der Waals surface area contributed by atoms with Gasteiger partial charge in [0.1, 0.15) is 16.3 Å². The average Bonchev–Trinajstić information content (AvgIpc) is 2.74. The fourth-order valence-corrected chi connectivity index (χ4v) is 3.54. The molecule has 1 fully saturated rings. The van der Waals surface area contributed by atoms with E-state index < -0.39 is 32.2 Å². The summed E-state index contributed by atoms with van der Waals surface area (Å²) in [5.74, 6) is -2.13. The van der Waals surface area contributed by atoms with Crippen molar-refractivity contribution in [3.8, 4) is 0 Å². The molecule has 1 saturated heterocycles. The van der Waals surface area contributed by atoms with Crippen LogP contribution in [0.3, 0.4) is 0 Å². The molecular weight excluding hydrogens is 275 g/mol. The Morgan fingerprint density at radius 2 is 2.05 bits per heavy atom. The molecule has 104 valence electrons. The highest BCUT2D eigenvalue weighted by Gasteiger charge is 2.46. The first-order chi connectivity index (χ1) is 8.77. The second-order valence-electron chi connectivity index (χ2n) is 4.48. The first-order valence-corrected chi connectivity index (χ1v) is 6.98. The standard InChI is InChI=1S/C11H13FN2O4S/c12-8-3-1-2-4-9(8)19(17,18)14-6-5-11(13,7-14)10(15)16/h1-4H,5-7,13H2,(H,15,16). The van der Waals surface area contributed by atoms with Crippen LogP contribution in [0.1, 0.15) is 6.42 Å². The number of hydrogen-bond acceptors (Lipinski definition) is 4. The van der Waals surface area contributed by atoms with Gasteiger partial charge in [-0.2, -0.15) is 4.31 Å². The summed E-state index contributed by atoms with van der Waals surface area (Å²) in [5, 5.41) is 8.96. The molecule has 1 aromatic rings. The highest BCUT2D eigenvalue weighted by atomic mass is 32.2. The van der Waals surface area contributed by atoms with Crippen LogP contribution in [-0.4, -0.2) is 42.4 Å². The minimum atomic E-state index is -4.06. The third-order valence-corrected chi connectivity index (χ3v) is 5.02. The Balaban J connectivity index is 2.34. The predicted octanol–water partition coefficient (Wildman–Crippen LogP) is 0.00220. The first kappa shape index (κ1) is 13.9. The van der Waals surface area contributed by atoms with Crippen LogP contribution in [0.4, 0.5) is 4.39 Å². The lowest BCUT2D eigenvalue weighted by Crippen LogP contribution is -2.50. The summed E-state index contributed by atoms with van der Waals surface area (Å²) < 4.78 is 38.8. The number of carbonyl (C=O) groups is 1. The van der Waals surface area contributed by atoms with Crippen molar-refractivity contribution >= 4 is 16.0 Å². The third-order valence-electron chi connectivity index (χ3n) is 3.15. The van der Waals surface area contributed by atoms with E-state index in [-0.39, 0.29) is 19.5 Å². The van der Waals surface area contributed by atoms with E-state index in [1.807, 2.05) is 0 Å². The van der Waals surface area contributed by atoms with Gasteiger partial charge in [0.15, 0.2) is 0 Å². The highest BCUT2D eigenvalue weighted by molar-refractivity contribution is 7.89. The first-order valence-electron chi connectivity index (χ1n) is 5.54. The van der Waals surface area contributed by atoms with Gasteiger partial charge in [-0.3, -0.25) is 4.79 Å². The van der Waals surface area contributed by atoms with Crippen LogP contribution in [0.25, 0.3) is 0 Å². The maximum absolute atomic E-state index is 13.5. The van der Waals surface area contributed by atoms with Crippen LogP contribution in [0.2, 0.25) is 0 Å². The number of halogens is 1. The van der Waals surface area contributed by atoms with Gasteiger partial charge in [0, 0.05) is 13.1 Å². The Morgan fingerprint density at radius 3 is 2.58 bits per heavy atom. The molecule has 1 atom stereocenters. The molecule has 0 bridgehead atoms. The summed E-state index contributed by atoms with van der Waals surface area (Å²) in [7, 11) is -4.06. The van der Waals surface area contributed by atoms with Crippen molar-refractivity contribution in [3.05, 3.63) is 30.1 Å². The molecule has 1 heterocycles. The molecule has 19 heavy (non-hydrogen) atoms. The second-order valence-corrected chi connectivity index (χ2v) is 6.39. The SMILES string of the molecule is NC1(C(=O)O)CCN(S(=O)(=O)c2ccccc2F)C1. The van der Waals surface area contributed by atoms with E-state index in [2.05, 4.69) is 0 Å². The van der Waals surface area contributed by atoms with Crippen molar-refractivity contribution < 1.29 is 22.7 Å². The molecule has 0 aromatic heterocycles. The smallest absolute Gasteiger partial charge is 0.325 e. The van der Waals surface area contributed by atoms with E-state index in [0.29, 0.717) is 0 Å². The Hall–Kier alpha value is -1.51. The van der Waals surface area contributed by atoms with Gasteiger partial charge in [-0.15, -0.1) is 0 Å². The molecule has 0 aliphatic carbocycles. The summed E-state index contributed by atoms with van der Waals surface area (Å²) in [6.07, 6.45) is -0.00395. The number of nitrogens with two attached hydrogens (primary N) is 1. The van der Waals surface area contributed by atoms with Gasteiger partial charge in [-0.05, 0) is 18.6 Å². The summed E-state index contributed by atoms with van der Waals surface area (Å²) in [6, 6.07) is 4.96. The number of rotatable bonds is 3. The Bertz CT molecular complexity index is 619. The maximum Gasteiger partial charge on any atom is 0.325 e. The molecule has 6 nitrogen and oxygen atoms in total. The molecule has 0 spiro atoms. The molecule has 0 saturated carbocycles. The molecule has 0 radical (unpaired) electrons. The van der Waals surface area contributed by atoms with E-state index in [0.717, 1.165) is 16.4 Å². The van der Waals surface area contributed by atoms with E-state index >= 15 is 0 Å². The van der Waals surface area contributed by atoms with Crippen LogP contribution in [-0.2, 0) is 14.8 Å². The van der Waals surface area contributed by atoms with Gasteiger partial charge >= 0.3 is 5.97 Å². The molecule has 1 unspecified atom stereocenters. The number of hydrogen-bond donors (Lipinski definition) is 2. The number of benzene rings is 1. The zero-order valence-electron chi connectivity index (χ0n) is 9.91. The lowest BCUT2D eigenvalue weighted by molar-refractivity contribution is -0.142. The third kappa shape index (κ3) is 2.34. The van der Waals surface area contributed by atoms with Gasteiger partial charge in [-0.25, -0.2) is 12.8 Å². The second kappa shape index (κ2) is 4.55. The Morgan fingerprint density at radius 1 is 1.42 bits per heavy atom. The van der Waals surface area contributed by atoms with Gasteiger partial charge < -0.3 is 10.8 Å². The zero-order valence-corrected chi connectivity index (χ0v) is 10.7. The van der Waals surface area contributed by atoms with Gasteiger partial charge in [0.2, 0.25) is 10.0 Å². The van der Waals surface area contributed by atoms with Gasteiger partial charge in [0.05, 0.1) is 0 Å². The quantitative estimate of drug-likeness (QED) is 0.815. The van der Waals surface area contributed by atoms with Crippen molar-refractivity contribution in [2.24, 2.45) is 5.73 Å². The van der Waals surface area contributed by atoms with Crippen LogP contribution in [0.5, 0.6) is 0 Å². The zero-order chi connectivity index (χ0) is 14.3. The molecule has 1 aliphatic heterocycles. The van der Waals surface area contributed by atoms with Gasteiger partial charge in [0.25, 0.3) is 0 Å². The number of sulfonamides is 1. The van der Waals surface area contributed by atoms with Crippen molar-refractivity contribution in [3.63, 3.8) is 0 Å². The molecular formula is C11H13FN2O4S.